The lowest BCUT2D eigenvalue weighted by Crippen LogP contribution is -2.51. The van der Waals surface area contributed by atoms with Gasteiger partial charge >= 0.3 is 0 Å². The molecule has 1 saturated heterocycles. The van der Waals surface area contributed by atoms with Gasteiger partial charge in [0.25, 0.3) is 0 Å². The van der Waals surface area contributed by atoms with Crippen LogP contribution in [-0.2, 0) is 17.6 Å². The van der Waals surface area contributed by atoms with Crippen molar-refractivity contribution in [1.82, 2.24) is 9.80 Å². The molecule has 1 heterocycles. The van der Waals surface area contributed by atoms with Gasteiger partial charge in [-0.2, -0.15) is 0 Å². The molecule has 3 aromatic carbocycles. The molecule has 32 heavy (non-hydrogen) atoms. The zero-order chi connectivity index (χ0) is 21.9. The second kappa shape index (κ2) is 9.30. The van der Waals surface area contributed by atoms with Crippen LogP contribution in [0.4, 0.5) is 0 Å². The van der Waals surface area contributed by atoms with Gasteiger partial charge in [0.05, 0.1) is 12.0 Å². The summed E-state index contributed by atoms with van der Waals surface area (Å²) in [6.07, 6.45) is 3.03. The molecule has 1 fully saturated rings. The Kier molecular flexibility index (Phi) is 6.09. The van der Waals surface area contributed by atoms with E-state index in [-0.39, 0.29) is 17.9 Å². The Morgan fingerprint density at radius 1 is 0.781 bits per heavy atom. The topological polar surface area (TPSA) is 23.6 Å². The molecule has 0 N–H and O–H groups in total. The number of carbonyl (C=O) groups excluding carboxylic acids is 1. The van der Waals surface area contributed by atoms with Gasteiger partial charge in [-0.15, -0.1) is 0 Å². The summed E-state index contributed by atoms with van der Waals surface area (Å²) in [5.41, 5.74) is 6.93. The number of piperazine rings is 1. The quantitative estimate of drug-likeness (QED) is 0.574. The monoisotopic (exact) mass is 424 g/mol. The molecule has 0 radical (unpaired) electrons. The Hall–Kier alpha value is -2.91. The maximum absolute atomic E-state index is 13.4. The van der Waals surface area contributed by atoms with Crippen LogP contribution in [0.1, 0.15) is 53.1 Å². The van der Waals surface area contributed by atoms with E-state index in [1.54, 1.807) is 0 Å². The maximum Gasteiger partial charge on any atom is 0.230 e. The fourth-order valence-electron chi connectivity index (χ4n) is 5.55. The average molecular weight is 425 g/mol. The van der Waals surface area contributed by atoms with E-state index < -0.39 is 0 Å². The third kappa shape index (κ3) is 3.98. The van der Waals surface area contributed by atoms with Gasteiger partial charge in [0.1, 0.15) is 0 Å². The van der Waals surface area contributed by atoms with E-state index >= 15 is 0 Å². The van der Waals surface area contributed by atoms with E-state index in [2.05, 4.69) is 77.4 Å². The Bertz CT molecular complexity index is 1020. The molecule has 0 spiro atoms. The first kappa shape index (κ1) is 21.0. The van der Waals surface area contributed by atoms with Crippen LogP contribution >= 0.6 is 0 Å². The molecule has 1 atom stereocenters. The number of hydrogen-bond donors (Lipinski definition) is 0. The molecular weight excluding hydrogens is 392 g/mol. The molecule has 164 valence electrons. The number of nitrogens with zero attached hydrogens (tertiary/aromatic N) is 2. The SMILES string of the molecule is CCC(C(=O)N1CCN(C2c3ccccc3CCc3ccccc32)CC1)c1ccccc1. The Labute approximate surface area is 191 Å². The highest BCUT2D eigenvalue weighted by molar-refractivity contribution is 5.83. The van der Waals surface area contributed by atoms with Crippen LogP contribution in [0, 0.1) is 0 Å². The Morgan fingerprint density at radius 2 is 1.31 bits per heavy atom. The summed E-state index contributed by atoms with van der Waals surface area (Å²) in [7, 11) is 0. The molecule has 1 amide bonds. The van der Waals surface area contributed by atoms with Gasteiger partial charge in [-0.1, -0.05) is 85.8 Å². The van der Waals surface area contributed by atoms with Crippen molar-refractivity contribution in [3.63, 3.8) is 0 Å². The van der Waals surface area contributed by atoms with Crippen molar-refractivity contribution in [3.05, 3.63) is 107 Å². The molecular formula is C29H32N2O. The van der Waals surface area contributed by atoms with E-state index in [1.165, 1.54) is 22.3 Å². The van der Waals surface area contributed by atoms with Gasteiger partial charge in [-0.05, 0) is 47.1 Å². The first-order valence-corrected chi connectivity index (χ1v) is 12.0. The van der Waals surface area contributed by atoms with Crippen LogP contribution in [0.2, 0.25) is 0 Å². The predicted molar refractivity (Wildman–Crippen MR) is 130 cm³/mol. The van der Waals surface area contributed by atoms with Crippen molar-refractivity contribution in [2.75, 3.05) is 26.2 Å². The van der Waals surface area contributed by atoms with Gasteiger partial charge in [0, 0.05) is 26.2 Å². The summed E-state index contributed by atoms with van der Waals surface area (Å²) in [5.74, 6) is 0.238. The second-order valence-electron chi connectivity index (χ2n) is 9.03. The molecule has 3 heteroatoms. The fraction of sp³-hybridized carbons (Fsp3) is 0.345. The van der Waals surface area contributed by atoms with Gasteiger partial charge in [-0.3, -0.25) is 9.69 Å². The number of hydrogen-bond acceptors (Lipinski definition) is 2. The van der Waals surface area contributed by atoms with E-state index in [1.807, 2.05) is 18.2 Å². The van der Waals surface area contributed by atoms with Crippen molar-refractivity contribution in [3.8, 4) is 0 Å². The molecule has 0 bridgehead atoms. The number of benzene rings is 3. The molecule has 0 aromatic heterocycles. The zero-order valence-corrected chi connectivity index (χ0v) is 18.9. The molecule has 2 aliphatic rings. The Morgan fingerprint density at radius 3 is 1.88 bits per heavy atom. The highest BCUT2D eigenvalue weighted by atomic mass is 16.2. The molecule has 1 aliphatic carbocycles. The summed E-state index contributed by atoms with van der Waals surface area (Å²) in [4.78, 5) is 18.1. The smallest absolute Gasteiger partial charge is 0.230 e. The van der Waals surface area contributed by atoms with Gasteiger partial charge in [-0.25, -0.2) is 0 Å². The zero-order valence-electron chi connectivity index (χ0n) is 18.9. The molecule has 1 aliphatic heterocycles. The van der Waals surface area contributed by atoms with Crippen LogP contribution < -0.4 is 0 Å². The standard InChI is InChI=1S/C29H32N2O/c1-2-25(22-10-4-3-5-11-22)29(32)31-20-18-30(19-21-31)28-26-14-8-6-12-23(26)16-17-24-13-7-9-15-27(24)28/h3-15,25,28H,2,16-21H2,1H3. The predicted octanol–water partition coefficient (Wildman–Crippen LogP) is 5.21. The summed E-state index contributed by atoms with van der Waals surface area (Å²) in [6.45, 7) is 5.52. The second-order valence-corrected chi connectivity index (χ2v) is 9.03. The molecule has 5 rings (SSSR count). The van der Waals surface area contributed by atoms with Gasteiger partial charge in [0.2, 0.25) is 5.91 Å². The average Bonchev–Trinajstić information content (AvgIpc) is 3.02. The van der Waals surface area contributed by atoms with Gasteiger partial charge in [0.15, 0.2) is 0 Å². The third-order valence-electron chi connectivity index (χ3n) is 7.26. The number of amides is 1. The van der Waals surface area contributed by atoms with Crippen molar-refractivity contribution in [1.29, 1.82) is 0 Å². The lowest BCUT2D eigenvalue weighted by molar-refractivity contribution is -0.134. The van der Waals surface area contributed by atoms with Gasteiger partial charge < -0.3 is 4.90 Å². The molecule has 3 aromatic rings. The maximum atomic E-state index is 13.4. The number of carbonyl (C=O) groups is 1. The Balaban J connectivity index is 1.37. The van der Waals surface area contributed by atoms with E-state index in [0.29, 0.717) is 0 Å². The first-order chi connectivity index (χ1) is 15.8. The highest BCUT2D eigenvalue weighted by Gasteiger charge is 2.33. The minimum Gasteiger partial charge on any atom is -0.340 e. The summed E-state index contributed by atoms with van der Waals surface area (Å²) >= 11 is 0. The van der Waals surface area contributed by atoms with E-state index in [4.69, 9.17) is 0 Å². The lowest BCUT2D eigenvalue weighted by atomic mass is 9.92. The largest absolute Gasteiger partial charge is 0.340 e. The van der Waals surface area contributed by atoms with Crippen molar-refractivity contribution in [2.24, 2.45) is 0 Å². The summed E-state index contributed by atoms with van der Waals surface area (Å²) in [6, 6.07) is 28.4. The van der Waals surface area contributed by atoms with Crippen molar-refractivity contribution < 1.29 is 4.79 Å². The van der Waals surface area contributed by atoms with Crippen LogP contribution in [0.3, 0.4) is 0 Å². The van der Waals surface area contributed by atoms with Crippen LogP contribution in [0.5, 0.6) is 0 Å². The van der Waals surface area contributed by atoms with Crippen molar-refractivity contribution in [2.45, 2.75) is 38.1 Å². The molecule has 3 nitrogen and oxygen atoms in total. The lowest BCUT2D eigenvalue weighted by Gasteiger charge is -2.41. The minimum absolute atomic E-state index is 0.0397. The summed E-state index contributed by atoms with van der Waals surface area (Å²) in [5, 5.41) is 0. The molecule has 1 unspecified atom stereocenters. The number of aryl methyl sites for hydroxylation is 2. The van der Waals surface area contributed by atoms with Crippen molar-refractivity contribution >= 4 is 5.91 Å². The van der Waals surface area contributed by atoms with Crippen LogP contribution in [-0.4, -0.2) is 41.9 Å². The van der Waals surface area contributed by atoms with E-state index in [9.17, 15) is 4.79 Å². The normalized spacial score (nSPS) is 17.8. The first-order valence-electron chi connectivity index (χ1n) is 12.0. The van der Waals surface area contributed by atoms with E-state index in [0.717, 1.165) is 51.0 Å². The highest BCUT2D eigenvalue weighted by Crippen LogP contribution is 2.37. The third-order valence-corrected chi connectivity index (χ3v) is 7.26. The number of rotatable bonds is 4. The van der Waals surface area contributed by atoms with Crippen LogP contribution in [0.15, 0.2) is 78.9 Å². The summed E-state index contributed by atoms with van der Waals surface area (Å²) < 4.78 is 0. The molecule has 0 saturated carbocycles. The number of fused-ring (bicyclic) bond motifs is 2. The fourth-order valence-corrected chi connectivity index (χ4v) is 5.55. The van der Waals surface area contributed by atoms with Crippen LogP contribution in [0.25, 0.3) is 0 Å². The minimum atomic E-state index is -0.0397.